The predicted octanol–water partition coefficient (Wildman–Crippen LogP) is 3.07. The highest BCUT2D eigenvalue weighted by Crippen LogP contribution is 2.27. The molecule has 130 valence electrons. The van der Waals surface area contributed by atoms with E-state index in [-0.39, 0.29) is 12.6 Å². The zero-order valence-corrected chi connectivity index (χ0v) is 13.4. The molecule has 3 rings (SSSR count). The molecule has 24 heavy (non-hydrogen) atoms. The van der Waals surface area contributed by atoms with Gasteiger partial charge in [0, 0.05) is 17.6 Å². The maximum absolute atomic E-state index is 12.9. The largest absolute Gasteiger partial charge is 0.406 e. The molecule has 1 amide bonds. The zero-order valence-electron chi connectivity index (χ0n) is 13.4. The van der Waals surface area contributed by atoms with E-state index >= 15 is 0 Å². The van der Waals surface area contributed by atoms with Crippen LogP contribution in [0.4, 0.5) is 13.2 Å². The minimum absolute atomic E-state index is 0.230. The summed E-state index contributed by atoms with van der Waals surface area (Å²) in [5.74, 6) is -0.563. The van der Waals surface area contributed by atoms with Crippen LogP contribution in [0.3, 0.4) is 0 Å². The van der Waals surface area contributed by atoms with Gasteiger partial charge >= 0.3 is 6.18 Å². The number of carbonyl (C=O) groups is 1. The van der Waals surface area contributed by atoms with Gasteiger partial charge in [-0.3, -0.25) is 4.79 Å². The molecule has 1 aliphatic rings. The van der Waals surface area contributed by atoms with Gasteiger partial charge in [0.05, 0.1) is 6.20 Å². The number of fused-ring (bicyclic) bond motifs is 1. The minimum atomic E-state index is -4.40. The Bertz CT molecular complexity index is 734. The van der Waals surface area contributed by atoms with Crippen molar-refractivity contribution in [2.45, 2.75) is 51.4 Å². The first-order valence-electron chi connectivity index (χ1n) is 7.98. The quantitative estimate of drug-likeness (QED) is 0.859. The second-order valence-corrected chi connectivity index (χ2v) is 6.30. The summed E-state index contributed by atoms with van der Waals surface area (Å²) < 4.78 is 40.0. The van der Waals surface area contributed by atoms with Gasteiger partial charge in [-0.15, -0.1) is 0 Å². The summed E-state index contributed by atoms with van der Waals surface area (Å²) in [6, 6.07) is 1.54. The fourth-order valence-corrected chi connectivity index (χ4v) is 3.25. The predicted molar refractivity (Wildman–Crippen MR) is 82.3 cm³/mol. The van der Waals surface area contributed by atoms with Gasteiger partial charge in [0.15, 0.2) is 5.65 Å². The second kappa shape index (κ2) is 6.41. The number of rotatable bonds is 4. The number of alkyl halides is 3. The zero-order chi connectivity index (χ0) is 17.3. The van der Waals surface area contributed by atoms with Crippen LogP contribution in [0.25, 0.3) is 11.0 Å². The lowest BCUT2D eigenvalue weighted by atomic mass is 10.2. The fourth-order valence-electron chi connectivity index (χ4n) is 3.25. The van der Waals surface area contributed by atoms with Gasteiger partial charge < -0.3 is 4.90 Å². The molecular formula is C16H19F3N4O. The number of pyridine rings is 1. The van der Waals surface area contributed by atoms with E-state index in [9.17, 15) is 18.0 Å². The first-order valence-corrected chi connectivity index (χ1v) is 7.98. The van der Waals surface area contributed by atoms with E-state index in [4.69, 9.17) is 0 Å². The summed E-state index contributed by atoms with van der Waals surface area (Å²) in [7, 11) is 0. The number of amides is 1. The van der Waals surface area contributed by atoms with E-state index < -0.39 is 18.6 Å². The van der Waals surface area contributed by atoms with Crippen molar-refractivity contribution in [2.75, 3.05) is 6.54 Å². The summed E-state index contributed by atoms with van der Waals surface area (Å²) in [5, 5.41) is 4.88. The van der Waals surface area contributed by atoms with Crippen LogP contribution in [0.5, 0.6) is 0 Å². The monoisotopic (exact) mass is 340 g/mol. The van der Waals surface area contributed by atoms with E-state index in [1.54, 1.807) is 12.4 Å². The molecule has 0 radical (unpaired) electrons. The van der Waals surface area contributed by atoms with Gasteiger partial charge in [0.1, 0.15) is 13.1 Å². The first-order chi connectivity index (χ1) is 11.3. The molecule has 1 aliphatic carbocycles. The van der Waals surface area contributed by atoms with Gasteiger partial charge in [0.25, 0.3) is 0 Å². The van der Waals surface area contributed by atoms with Crippen LogP contribution in [0.15, 0.2) is 18.5 Å². The average molecular weight is 340 g/mol. The Morgan fingerprint density at radius 3 is 2.71 bits per heavy atom. The highest BCUT2D eigenvalue weighted by molar-refractivity contribution is 5.80. The minimum Gasteiger partial charge on any atom is -0.329 e. The molecular weight excluding hydrogens is 321 g/mol. The summed E-state index contributed by atoms with van der Waals surface area (Å²) in [5.41, 5.74) is 1.46. The highest BCUT2D eigenvalue weighted by atomic mass is 19.4. The first kappa shape index (κ1) is 16.7. The maximum atomic E-state index is 12.9. The van der Waals surface area contributed by atoms with E-state index in [1.165, 1.54) is 4.68 Å². The Labute approximate surface area is 137 Å². The third kappa shape index (κ3) is 3.68. The Balaban J connectivity index is 1.81. The maximum Gasteiger partial charge on any atom is 0.406 e. The van der Waals surface area contributed by atoms with Crippen molar-refractivity contribution in [1.29, 1.82) is 0 Å². The van der Waals surface area contributed by atoms with Crippen LogP contribution in [-0.2, 0) is 11.3 Å². The molecule has 8 heteroatoms. The molecule has 0 bridgehead atoms. The topological polar surface area (TPSA) is 51.0 Å². The highest BCUT2D eigenvalue weighted by Gasteiger charge is 2.37. The van der Waals surface area contributed by atoms with E-state index in [1.807, 2.05) is 13.0 Å². The van der Waals surface area contributed by atoms with Crippen molar-refractivity contribution in [3.8, 4) is 0 Å². The molecule has 0 aliphatic heterocycles. The number of hydrogen-bond donors (Lipinski definition) is 0. The number of halogens is 3. The number of aryl methyl sites for hydroxylation is 1. The van der Waals surface area contributed by atoms with Crippen LogP contribution < -0.4 is 0 Å². The molecule has 2 aromatic rings. The molecule has 2 heterocycles. The molecule has 0 spiro atoms. The van der Waals surface area contributed by atoms with Crippen LogP contribution >= 0.6 is 0 Å². The van der Waals surface area contributed by atoms with Crippen molar-refractivity contribution < 1.29 is 18.0 Å². The van der Waals surface area contributed by atoms with Crippen molar-refractivity contribution >= 4 is 16.9 Å². The molecule has 1 fully saturated rings. The van der Waals surface area contributed by atoms with Gasteiger partial charge in [-0.2, -0.15) is 18.3 Å². The van der Waals surface area contributed by atoms with Crippen molar-refractivity contribution in [3.05, 3.63) is 24.0 Å². The SMILES string of the molecule is Cc1cnc2c(cnn2CC(=O)N(CC(F)(F)F)C2CCCC2)c1. The van der Waals surface area contributed by atoms with Crippen molar-refractivity contribution in [2.24, 2.45) is 0 Å². The Hall–Kier alpha value is -2.12. The lowest BCUT2D eigenvalue weighted by molar-refractivity contribution is -0.166. The van der Waals surface area contributed by atoms with E-state index in [0.29, 0.717) is 18.5 Å². The molecule has 0 atom stereocenters. The molecule has 2 aromatic heterocycles. The molecule has 0 aromatic carbocycles. The summed E-state index contributed by atoms with van der Waals surface area (Å²) in [6.07, 6.45) is 1.79. The van der Waals surface area contributed by atoms with E-state index in [2.05, 4.69) is 10.1 Å². The van der Waals surface area contributed by atoms with Crippen LogP contribution in [0.1, 0.15) is 31.2 Å². The normalized spacial score (nSPS) is 16.0. The Morgan fingerprint density at radius 1 is 1.33 bits per heavy atom. The van der Waals surface area contributed by atoms with Gasteiger partial charge in [-0.1, -0.05) is 12.8 Å². The summed E-state index contributed by atoms with van der Waals surface area (Å²) in [6.45, 7) is 0.453. The molecule has 0 saturated heterocycles. The van der Waals surface area contributed by atoms with E-state index in [0.717, 1.165) is 28.7 Å². The molecule has 1 saturated carbocycles. The molecule has 0 N–H and O–H groups in total. The third-order valence-electron chi connectivity index (χ3n) is 4.33. The van der Waals surface area contributed by atoms with Crippen molar-refractivity contribution in [3.63, 3.8) is 0 Å². The van der Waals surface area contributed by atoms with Gasteiger partial charge in [-0.05, 0) is 31.4 Å². The smallest absolute Gasteiger partial charge is 0.329 e. The third-order valence-corrected chi connectivity index (χ3v) is 4.33. The van der Waals surface area contributed by atoms with Crippen molar-refractivity contribution in [1.82, 2.24) is 19.7 Å². The summed E-state index contributed by atoms with van der Waals surface area (Å²) >= 11 is 0. The Kier molecular flexibility index (Phi) is 4.47. The van der Waals surface area contributed by atoms with Crippen LogP contribution in [-0.4, -0.2) is 44.3 Å². The van der Waals surface area contributed by atoms with Gasteiger partial charge in [-0.25, -0.2) is 9.67 Å². The number of aromatic nitrogens is 3. The van der Waals surface area contributed by atoms with Gasteiger partial charge in [0.2, 0.25) is 5.91 Å². The molecule has 0 unspecified atom stereocenters. The van der Waals surface area contributed by atoms with Crippen LogP contribution in [0.2, 0.25) is 0 Å². The number of carbonyl (C=O) groups excluding carboxylic acids is 1. The van der Waals surface area contributed by atoms with Crippen LogP contribution in [0, 0.1) is 6.92 Å². The Morgan fingerprint density at radius 2 is 2.04 bits per heavy atom. The fraction of sp³-hybridized carbons (Fsp3) is 0.562. The average Bonchev–Trinajstić information content (AvgIpc) is 3.14. The summed E-state index contributed by atoms with van der Waals surface area (Å²) in [4.78, 5) is 17.7. The molecule has 5 nitrogen and oxygen atoms in total. The number of nitrogens with zero attached hydrogens (tertiary/aromatic N) is 4. The second-order valence-electron chi connectivity index (χ2n) is 6.30. The lowest BCUT2D eigenvalue weighted by Crippen LogP contribution is -2.46. The standard InChI is InChI=1S/C16H19F3N4O/c1-11-6-12-8-21-23(15(12)20-7-11)9-14(24)22(10-16(17,18)19)13-4-2-3-5-13/h6-8,13H,2-5,9-10H2,1H3. The lowest BCUT2D eigenvalue weighted by Gasteiger charge is -2.29. The number of hydrogen-bond acceptors (Lipinski definition) is 3.